The van der Waals surface area contributed by atoms with Crippen LogP contribution in [0.5, 0.6) is 0 Å². The maximum Gasteiger partial charge on any atom is 0 e. The first-order chi connectivity index (χ1) is 4.97. The molecule has 0 aromatic carbocycles. The van der Waals surface area contributed by atoms with Gasteiger partial charge in [-0.05, 0) is 0 Å². The van der Waals surface area contributed by atoms with Gasteiger partial charge in [0.05, 0.1) is 0 Å². The van der Waals surface area contributed by atoms with Gasteiger partial charge < -0.3 is 0 Å². The van der Waals surface area contributed by atoms with Crippen molar-refractivity contribution in [1.82, 2.24) is 0 Å². The van der Waals surface area contributed by atoms with Gasteiger partial charge >= 0.3 is 0 Å². The van der Waals surface area contributed by atoms with Crippen LogP contribution in [0.15, 0.2) is 0 Å². The lowest BCUT2D eigenvalue weighted by molar-refractivity contribution is 3.64. The molecule has 40 valence electrons. The minimum atomic E-state index is 0.431. The largest absolute Gasteiger partial charge is 0 e. The second-order valence-electron chi connectivity index (χ2n) is 1.75. The Labute approximate surface area is 82.6 Å². The second-order valence-corrected chi connectivity index (χ2v) is 47.2. The van der Waals surface area contributed by atoms with Crippen LogP contribution >= 0.6 is 0 Å². The van der Waals surface area contributed by atoms with E-state index in [0.717, 1.165) is 0 Å². The third-order valence-corrected chi connectivity index (χ3v) is 91.1. The molecule has 0 aliphatic carbocycles. The Balaban J connectivity index is 1.85. The van der Waals surface area contributed by atoms with E-state index in [2.05, 4.69) is 0 Å². The van der Waals surface area contributed by atoms with Crippen LogP contribution in [0.1, 0.15) is 0 Å². The monoisotopic (exact) mass is 280 g/mol. The fourth-order valence-corrected chi connectivity index (χ4v) is 167. The predicted molar refractivity (Wildman–Crippen MR) is 57.5 cm³/mol. The molecule has 0 saturated carbocycles. The minimum absolute atomic E-state index is 0.431. The molecule has 2 saturated heterocycles. The third-order valence-electron chi connectivity index (χ3n) is 1.12. The van der Waals surface area contributed by atoms with Gasteiger partial charge in [-0.15, -0.1) is 0 Å². The highest BCUT2D eigenvalue weighted by Crippen LogP contribution is 1.93. The molecule has 2 fully saturated rings. The van der Waals surface area contributed by atoms with Crippen molar-refractivity contribution in [2.75, 3.05) is 0 Å². The van der Waals surface area contributed by atoms with Crippen molar-refractivity contribution in [3.05, 3.63) is 0 Å². The average Bonchev–Trinajstić information content (AvgIpc) is 2.59. The molecule has 0 N–H and O–H groups in total. The van der Waals surface area contributed by atoms with E-state index in [1.807, 2.05) is 0 Å². The van der Waals surface area contributed by atoms with E-state index in [1.54, 1.807) is 34.2 Å². The normalized spacial score (nSPS) is 30.0. The third kappa shape index (κ3) is 2.10. The smallest absolute Gasteiger partial charge is 0 e. The van der Waals surface area contributed by atoms with E-state index in [-0.39, 0.29) is 0 Å². The highest BCUT2D eigenvalue weighted by molar-refractivity contribution is 8.06. The highest BCUT2D eigenvalue weighted by atomic mass is 30.4. The minimum Gasteiger partial charge on any atom is 0 e. The molecular formula is Si10. The molecule has 2 rings (SSSR count). The van der Waals surface area contributed by atoms with Gasteiger partial charge in [-0.2, -0.15) is 0 Å². The zero-order chi connectivity index (χ0) is 6.81. The molecule has 0 aromatic rings. The van der Waals surface area contributed by atoms with Gasteiger partial charge in [0.25, 0.3) is 0 Å². The zero-order valence-corrected chi connectivity index (χ0v) is 15.0. The summed E-state index contributed by atoms with van der Waals surface area (Å²) in [6, 6.07) is 0. The first-order valence-corrected chi connectivity index (χ1v) is 24.8. The molecule has 0 aromatic heterocycles. The summed E-state index contributed by atoms with van der Waals surface area (Å²) < 4.78 is 0. The summed E-state index contributed by atoms with van der Waals surface area (Å²) in [5.74, 6) is 0. The van der Waals surface area contributed by atoms with Crippen LogP contribution < -0.4 is 0 Å². The zero-order valence-electron chi connectivity index (χ0n) is 5.00. The van der Waals surface area contributed by atoms with Gasteiger partial charge in [-0.25, -0.2) is 0 Å². The van der Waals surface area contributed by atoms with E-state index >= 15 is 0 Å². The summed E-state index contributed by atoms with van der Waals surface area (Å²) in [5.41, 5.74) is 0. The molecular weight excluding hydrogens is 281 g/mol. The maximum atomic E-state index is 1.56. The standard InChI is InChI=1S/Si10/c1-2-6-9(5-1)10-7-3-4-8-10. The topological polar surface area (TPSA) is 0 Å². The van der Waals surface area contributed by atoms with Crippen molar-refractivity contribution >= 4 is 83.1 Å². The Bertz CT molecular complexity index is 80.6. The van der Waals surface area contributed by atoms with E-state index in [1.165, 1.54) is 34.2 Å². The Morgan fingerprint density at radius 1 is 0.500 bits per heavy atom. The van der Waals surface area contributed by atoms with E-state index in [9.17, 15) is 0 Å². The van der Waals surface area contributed by atoms with Gasteiger partial charge in [0.15, 0.2) is 0 Å². The Morgan fingerprint density at radius 3 is 1.10 bits per heavy atom. The molecule has 0 atom stereocenters. The van der Waals surface area contributed by atoms with Gasteiger partial charge in [-0.1, -0.05) is 0 Å². The predicted octanol–water partition coefficient (Wildman–Crippen LogP) is -3.81. The summed E-state index contributed by atoms with van der Waals surface area (Å²) >= 11 is 0. The molecule has 0 spiro atoms. The van der Waals surface area contributed by atoms with Gasteiger partial charge in [-0.3, -0.25) is 0 Å². The van der Waals surface area contributed by atoms with E-state index in [4.69, 9.17) is 0 Å². The van der Waals surface area contributed by atoms with Crippen LogP contribution in [0.25, 0.3) is 0 Å². The first kappa shape index (κ1) is 8.75. The molecule has 0 amide bonds. The van der Waals surface area contributed by atoms with Crippen LogP contribution in [0, 0.1) is 0 Å². The second kappa shape index (κ2) is 4.42. The van der Waals surface area contributed by atoms with Crippen LogP contribution in [0.4, 0.5) is 0 Å². The van der Waals surface area contributed by atoms with Gasteiger partial charge in [0, 0.05) is 83.1 Å². The Morgan fingerprint density at radius 2 is 0.800 bits per heavy atom. The molecule has 2 aliphatic heterocycles. The van der Waals surface area contributed by atoms with Crippen LogP contribution in [-0.4, -0.2) is 83.1 Å². The van der Waals surface area contributed by atoms with Crippen molar-refractivity contribution in [3.63, 3.8) is 0 Å². The molecule has 0 bridgehead atoms. The molecule has 0 unspecified atom stereocenters. The van der Waals surface area contributed by atoms with Gasteiger partial charge in [0.2, 0.25) is 0 Å². The van der Waals surface area contributed by atoms with Crippen molar-refractivity contribution in [2.45, 2.75) is 0 Å². The summed E-state index contributed by atoms with van der Waals surface area (Å²) in [6.45, 7) is 0. The SMILES string of the molecule is [Si]1[Si][Si][Si]([Si]2[Si][Si][Si][Si]2)[Si]1. The summed E-state index contributed by atoms with van der Waals surface area (Å²) in [6.07, 6.45) is 0. The summed E-state index contributed by atoms with van der Waals surface area (Å²) in [7, 11) is 13.0. The van der Waals surface area contributed by atoms with Crippen LogP contribution in [-0.2, 0) is 0 Å². The van der Waals surface area contributed by atoms with Crippen molar-refractivity contribution < 1.29 is 0 Å². The van der Waals surface area contributed by atoms with Gasteiger partial charge in [0.1, 0.15) is 0 Å². The first-order valence-electron chi connectivity index (χ1n) is 2.75. The Hall–Kier alpha value is 2.17. The van der Waals surface area contributed by atoms with Crippen molar-refractivity contribution in [3.8, 4) is 0 Å². The lowest BCUT2D eigenvalue weighted by Crippen LogP contribution is -2.49. The molecule has 10 heteroatoms. The van der Waals surface area contributed by atoms with Crippen LogP contribution in [0.2, 0.25) is 0 Å². The molecule has 0 nitrogen and oxygen atoms in total. The fourth-order valence-electron chi connectivity index (χ4n) is 0.688. The molecule has 2 heterocycles. The lowest BCUT2D eigenvalue weighted by Gasteiger charge is -2.11. The molecule has 18 radical (unpaired) electrons. The summed E-state index contributed by atoms with van der Waals surface area (Å²) in [4.78, 5) is 0. The lowest BCUT2D eigenvalue weighted by atomic mass is 26.0. The highest BCUT2D eigenvalue weighted by Gasteiger charge is 2.31. The molecule has 10 heavy (non-hydrogen) atoms. The van der Waals surface area contributed by atoms with E-state index < -0.39 is 0 Å². The van der Waals surface area contributed by atoms with E-state index in [0.29, 0.717) is 14.7 Å². The van der Waals surface area contributed by atoms with Crippen molar-refractivity contribution in [1.29, 1.82) is 0 Å². The van der Waals surface area contributed by atoms with Crippen molar-refractivity contribution in [2.24, 2.45) is 0 Å². The fraction of sp³-hybridized carbons (Fsp3) is 0. The maximum absolute atomic E-state index is 1.56. The molecule has 2 aliphatic rings. The average molecular weight is 281 g/mol. The number of hydrogen-bond acceptors (Lipinski definition) is 0. The quantitative estimate of drug-likeness (QED) is 0.432. The van der Waals surface area contributed by atoms with Crippen LogP contribution in [0.3, 0.4) is 0 Å². The Kier molecular flexibility index (Phi) is 3.87. The number of hydrogen-bond donors (Lipinski definition) is 0. The summed E-state index contributed by atoms with van der Waals surface area (Å²) in [5, 5.41) is 0. The number of rotatable bonds is 1.